The standard InChI is InChI=1S/C14H19N3O3/c15-13(19)10-16-5-7-17(8-6-16)14(20)9-11-1-3-12(18)4-2-11/h1-4,18H,5-10H2,(H2,15,19). The topological polar surface area (TPSA) is 86.9 Å². The van der Waals surface area contributed by atoms with Gasteiger partial charge in [0.2, 0.25) is 11.8 Å². The van der Waals surface area contributed by atoms with Crippen molar-refractivity contribution in [3.8, 4) is 5.75 Å². The molecule has 3 N–H and O–H groups in total. The van der Waals surface area contributed by atoms with Crippen LogP contribution >= 0.6 is 0 Å². The normalized spacial score (nSPS) is 16.1. The monoisotopic (exact) mass is 277 g/mol. The number of rotatable bonds is 4. The Bertz CT molecular complexity index is 479. The van der Waals surface area contributed by atoms with E-state index in [1.165, 1.54) is 0 Å². The van der Waals surface area contributed by atoms with Crippen LogP contribution in [0.15, 0.2) is 24.3 Å². The number of primary amides is 1. The van der Waals surface area contributed by atoms with Gasteiger partial charge in [0.25, 0.3) is 0 Å². The first-order chi connectivity index (χ1) is 9.54. The zero-order chi connectivity index (χ0) is 14.5. The van der Waals surface area contributed by atoms with Crippen LogP contribution in [0.1, 0.15) is 5.56 Å². The van der Waals surface area contributed by atoms with Gasteiger partial charge in [-0.1, -0.05) is 12.1 Å². The quantitative estimate of drug-likeness (QED) is 0.781. The maximum absolute atomic E-state index is 12.1. The molecule has 1 fully saturated rings. The molecule has 0 atom stereocenters. The number of aromatic hydroxyl groups is 1. The van der Waals surface area contributed by atoms with Gasteiger partial charge in [0.1, 0.15) is 5.75 Å². The molecule has 2 rings (SSSR count). The van der Waals surface area contributed by atoms with Crippen molar-refractivity contribution in [2.45, 2.75) is 6.42 Å². The Morgan fingerprint density at radius 3 is 2.25 bits per heavy atom. The van der Waals surface area contributed by atoms with E-state index >= 15 is 0 Å². The Morgan fingerprint density at radius 1 is 1.10 bits per heavy atom. The minimum atomic E-state index is -0.339. The Morgan fingerprint density at radius 2 is 1.70 bits per heavy atom. The highest BCUT2D eigenvalue weighted by Crippen LogP contribution is 2.11. The van der Waals surface area contributed by atoms with Crippen LogP contribution in [0.25, 0.3) is 0 Å². The largest absolute Gasteiger partial charge is 0.508 e. The van der Waals surface area contributed by atoms with Gasteiger partial charge < -0.3 is 15.7 Å². The van der Waals surface area contributed by atoms with Crippen molar-refractivity contribution in [1.29, 1.82) is 0 Å². The highest BCUT2D eigenvalue weighted by molar-refractivity contribution is 5.79. The van der Waals surface area contributed by atoms with E-state index < -0.39 is 0 Å². The number of carbonyl (C=O) groups is 2. The molecule has 0 unspecified atom stereocenters. The second-order valence-corrected chi connectivity index (χ2v) is 4.97. The molecule has 6 nitrogen and oxygen atoms in total. The lowest BCUT2D eigenvalue weighted by atomic mass is 10.1. The van der Waals surface area contributed by atoms with Crippen LogP contribution in [-0.2, 0) is 16.0 Å². The van der Waals surface area contributed by atoms with E-state index in [2.05, 4.69) is 0 Å². The fourth-order valence-electron chi connectivity index (χ4n) is 2.28. The number of hydrogen-bond donors (Lipinski definition) is 2. The van der Waals surface area contributed by atoms with Crippen LogP contribution in [0.3, 0.4) is 0 Å². The number of phenols is 1. The average molecular weight is 277 g/mol. The van der Waals surface area contributed by atoms with Crippen LogP contribution in [0, 0.1) is 0 Å². The molecular weight excluding hydrogens is 258 g/mol. The van der Waals surface area contributed by atoms with Crippen LogP contribution < -0.4 is 5.73 Å². The second-order valence-electron chi connectivity index (χ2n) is 4.97. The summed E-state index contributed by atoms with van der Waals surface area (Å²) in [6, 6.07) is 6.65. The molecule has 0 aliphatic carbocycles. The first-order valence-electron chi connectivity index (χ1n) is 6.61. The summed E-state index contributed by atoms with van der Waals surface area (Å²) >= 11 is 0. The van der Waals surface area contributed by atoms with E-state index in [1.54, 1.807) is 29.2 Å². The molecule has 1 aromatic rings. The van der Waals surface area contributed by atoms with Crippen molar-refractivity contribution in [3.63, 3.8) is 0 Å². The number of nitrogens with zero attached hydrogens (tertiary/aromatic N) is 2. The maximum Gasteiger partial charge on any atom is 0.231 e. The summed E-state index contributed by atoms with van der Waals surface area (Å²) in [6.07, 6.45) is 0.329. The number of hydrogen-bond acceptors (Lipinski definition) is 4. The van der Waals surface area contributed by atoms with Crippen molar-refractivity contribution in [2.75, 3.05) is 32.7 Å². The molecule has 1 aliphatic heterocycles. The number of benzene rings is 1. The van der Waals surface area contributed by atoms with Gasteiger partial charge in [-0.2, -0.15) is 0 Å². The van der Waals surface area contributed by atoms with Gasteiger partial charge in [0.15, 0.2) is 0 Å². The molecule has 0 aromatic heterocycles. The summed E-state index contributed by atoms with van der Waals surface area (Å²) in [7, 11) is 0. The van der Waals surface area contributed by atoms with Crippen LogP contribution in [0.4, 0.5) is 0 Å². The Labute approximate surface area is 117 Å². The molecule has 1 saturated heterocycles. The third kappa shape index (κ3) is 3.96. The van der Waals surface area contributed by atoms with Crippen molar-refractivity contribution in [3.05, 3.63) is 29.8 Å². The van der Waals surface area contributed by atoms with Crippen molar-refractivity contribution < 1.29 is 14.7 Å². The number of phenolic OH excluding ortho intramolecular Hbond substituents is 1. The smallest absolute Gasteiger partial charge is 0.231 e. The van der Waals surface area contributed by atoms with Gasteiger partial charge in [-0.25, -0.2) is 0 Å². The summed E-state index contributed by atoms with van der Waals surface area (Å²) in [5.41, 5.74) is 6.03. The summed E-state index contributed by atoms with van der Waals surface area (Å²) in [5.74, 6) is -0.0791. The predicted octanol–water partition coefficient (Wildman–Crippen LogP) is -0.436. The molecule has 1 heterocycles. The van der Waals surface area contributed by atoms with Crippen molar-refractivity contribution >= 4 is 11.8 Å². The lowest BCUT2D eigenvalue weighted by molar-refractivity contribution is -0.132. The maximum atomic E-state index is 12.1. The fraction of sp³-hybridized carbons (Fsp3) is 0.429. The average Bonchev–Trinajstić information content (AvgIpc) is 2.41. The van der Waals surface area contributed by atoms with Crippen LogP contribution in [0.2, 0.25) is 0 Å². The summed E-state index contributed by atoms with van der Waals surface area (Å²) < 4.78 is 0. The van der Waals surface area contributed by atoms with Crippen LogP contribution in [0.5, 0.6) is 5.75 Å². The minimum absolute atomic E-state index is 0.0643. The SMILES string of the molecule is NC(=O)CN1CCN(C(=O)Cc2ccc(O)cc2)CC1. The minimum Gasteiger partial charge on any atom is -0.508 e. The summed E-state index contributed by atoms with van der Waals surface area (Å²) in [6.45, 7) is 2.82. The lowest BCUT2D eigenvalue weighted by Gasteiger charge is -2.34. The van der Waals surface area contributed by atoms with Gasteiger partial charge >= 0.3 is 0 Å². The number of piperazine rings is 1. The molecular formula is C14H19N3O3. The molecule has 20 heavy (non-hydrogen) atoms. The van der Waals surface area contributed by atoms with E-state index in [-0.39, 0.29) is 24.1 Å². The van der Waals surface area contributed by atoms with Gasteiger partial charge in [-0.3, -0.25) is 14.5 Å². The molecule has 108 valence electrons. The van der Waals surface area contributed by atoms with Gasteiger partial charge in [-0.15, -0.1) is 0 Å². The fourth-order valence-corrected chi connectivity index (χ4v) is 2.28. The van der Waals surface area contributed by atoms with Gasteiger partial charge in [0.05, 0.1) is 13.0 Å². The van der Waals surface area contributed by atoms with Crippen LogP contribution in [-0.4, -0.2) is 59.4 Å². The Kier molecular flexibility index (Phi) is 4.57. The number of carbonyl (C=O) groups excluding carboxylic acids is 2. The van der Waals surface area contributed by atoms with E-state index in [0.29, 0.717) is 32.6 Å². The zero-order valence-electron chi connectivity index (χ0n) is 11.3. The van der Waals surface area contributed by atoms with E-state index in [9.17, 15) is 14.7 Å². The number of amides is 2. The molecule has 0 spiro atoms. The second kappa shape index (κ2) is 6.38. The molecule has 0 saturated carbocycles. The molecule has 1 aliphatic rings. The molecule has 2 amide bonds. The lowest BCUT2D eigenvalue weighted by Crippen LogP contribution is -2.50. The van der Waals surface area contributed by atoms with Gasteiger partial charge in [0, 0.05) is 26.2 Å². The van der Waals surface area contributed by atoms with E-state index in [0.717, 1.165) is 5.56 Å². The Balaban J connectivity index is 1.82. The van der Waals surface area contributed by atoms with E-state index in [4.69, 9.17) is 5.73 Å². The Hall–Kier alpha value is -2.08. The van der Waals surface area contributed by atoms with Crippen molar-refractivity contribution in [2.24, 2.45) is 5.73 Å². The van der Waals surface area contributed by atoms with Crippen molar-refractivity contribution in [1.82, 2.24) is 9.80 Å². The third-order valence-electron chi connectivity index (χ3n) is 3.40. The molecule has 0 radical (unpaired) electrons. The molecule has 1 aromatic carbocycles. The molecule has 0 bridgehead atoms. The predicted molar refractivity (Wildman–Crippen MR) is 74.0 cm³/mol. The van der Waals surface area contributed by atoms with E-state index in [1.807, 2.05) is 4.90 Å². The highest BCUT2D eigenvalue weighted by atomic mass is 16.3. The first-order valence-corrected chi connectivity index (χ1v) is 6.61. The third-order valence-corrected chi connectivity index (χ3v) is 3.40. The highest BCUT2D eigenvalue weighted by Gasteiger charge is 2.21. The zero-order valence-corrected chi connectivity index (χ0v) is 11.3. The number of nitrogens with two attached hydrogens (primary N) is 1. The molecule has 6 heteroatoms. The summed E-state index contributed by atoms with van der Waals surface area (Å²) in [5, 5.41) is 9.20. The summed E-state index contributed by atoms with van der Waals surface area (Å²) in [4.78, 5) is 26.7. The first kappa shape index (κ1) is 14.3. The van der Waals surface area contributed by atoms with Gasteiger partial charge in [-0.05, 0) is 17.7 Å².